The topological polar surface area (TPSA) is 23.5 Å². The van der Waals surface area contributed by atoms with Crippen LogP contribution in [0.2, 0.25) is 10.0 Å². The number of nitrogens with zero attached hydrogens (tertiary/aromatic N) is 1. The van der Waals surface area contributed by atoms with Crippen LogP contribution < -0.4 is 0 Å². The first-order chi connectivity index (χ1) is 14.0. The standard InChI is InChI=1S/C23H24Cl2F3NO/c1-29(2)14-18-5-3-4-16(12-15-6-9-19(24)10-7-15)22(18,30)17-8-11-21(25)20(13-17)23(26,27)28/h6-13,18,30H,3-5,14H2,1-2H3. The smallest absolute Gasteiger partial charge is 0.380 e. The van der Waals surface area contributed by atoms with Gasteiger partial charge in [0.15, 0.2) is 0 Å². The summed E-state index contributed by atoms with van der Waals surface area (Å²) >= 11 is 11.8. The second-order valence-electron chi connectivity index (χ2n) is 8.03. The minimum Gasteiger partial charge on any atom is -0.380 e. The van der Waals surface area contributed by atoms with Gasteiger partial charge in [-0.25, -0.2) is 0 Å². The molecule has 3 rings (SSSR count). The van der Waals surface area contributed by atoms with Gasteiger partial charge in [-0.2, -0.15) is 13.2 Å². The molecule has 0 aromatic heterocycles. The molecule has 0 spiro atoms. The van der Waals surface area contributed by atoms with Gasteiger partial charge in [0.05, 0.1) is 10.6 Å². The van der Waals surface area contributed by atoms with E-state index in [1.165, 1.54) is 12.1 Å². The van der Waals surface area contributed by atoms with Crippen LogP contribution in [0.25, 0.3) is 6.08 Å². The minimum atomic E-state index is -4.60. The summed E-state index contributed by atoms with van der Waals surface area (Å²) in [4.78, 5) is 1.95. The predicted molar refractivity (Wildman–Crippen MR) is 116 cm³/mol. The minimum absolute atomic E-state index is 0.214. The molecule has 30 heavy (non-hydrogen) atoms. The average molecular weight is 458 g/mol. The summed E-state index contributed by atoms with van der Waals surface area (Å²) in [5.41, 5.74) is -0.727. The normalized spacial score (nSPS) is 23.9. The van der Waals surface area contributed by atoms with Crippen molar-refractivity contribution in [2.75, 3.05) is 20.6 Å². The summed E-state index contributed by atoms with van der Waals surface area (Å²) in [6.07, 6.45) is -0.598. The van der Waals surface area contributed by atoms with Crippen molar-refractivity contribution >= 4 is 29.3 Å². The maximum atomic E-state index is 13.5. The number of alkyl halides is 3. The molecule has 0 aliphatic heterocycles. The van der Waals surface area contributed by atoms with Crippen molar-refractivity contribution < 1.29 is 18.3 Å². The Hall–Kier alpha value is -1.53. The fraction of sp³-hybridized carbons (Fsp3) is 0.391. The van der Waals surface area contributed by atoms with Crippen LogP contribution in [0.4, 0.5) is 13.2 Å². The van der Waals surface area contributed by atoms with Crippen molar-refractivity contribution in [1.82, 2.24) is 4.90 Å². The van der Waals surface area contributed by atoms with Gasteiger partial charge in [-0.1, -0.05) is 47.5 Å². The fourth-order valence-corrected chi connectivity index (χ4v) is 4.56. The van der Waals surface area contributed by atoms with E-state index in [9.17, 15) is 18.3 Å². The molecular formula is C23H24Cl2F3NO. The Morgan fingerprint density at radius 2 is 1.80 bits per heavy atom. The van der Waals surface area contributed by atoms with Crippen LogP contribution in [-0.4, -0.2) is 30.6 Å². The van der Waals surface area contributed by atoms with E-state index in [4.69, 9.17) is 23.2 Å². The maximum absolute atomic E-state index is 13.5. The lowest BCUT2D eigenvalue weighted by Crippen LogP contribution is -2.44. The Labute approximate surface area is 184 Å². The lowest BCUT2D eigenvalue weighted by molar-refractivity contribution is -0.137. The molecule has 0 radical (unpaired) electrons. The molecule has 0 amide bonds. The van der Waals surface area contributed by atoms with Crippen molar-refractivity contribution in [3.05, 3.63) is 74.8 Å². The highest BCUT2D eigenvalue weighted by Crippen LogP contribution is 2.48. The molecule has 1 aliphatic carbocycles. The first-order valence-corrected chi connectivity index (χ1v) is 10.5. The van der Waals surface area contributed by atoms with Crippen LogP contribution in [0, 0.1) is 5.92 Å². The molecule has 2 atom stereocenters. The zero-order chi connectivity index (χ0) is 22.1. The third-order valence-corrected chi connectivity index (χ3v) is 6.17. The van der Waals surface area contributed by atoms with E-state index >= 15 is 0 Å². The number of halogens is 5. The molecule has 1 aliphatic rings. The molecule has 1 fully saturated rings. The number of rotatable bonds is 4. The van der Waals surface area contributed by atoms with Crippen LogP contribution >= 0.6 is 23.2 Å². The molecule has 7 heteroatoms. The van der Waals surface area contributed by atoms with Gasteiger partial charge < -0.3 is 10.0 Å². The van der Waals surface area contributed by atoms with Gasteiger partial charge in [0.1, 0.15) is 5.60 Å². The number of hydrogen-bond acceptors (Lipinski definition) is 2. The predicted octanol–water partition coefficient (Wildman–Crippen LogP) is 6.65. The highest BCUT2D eigenvalue weighted by molar-refractivity contribution is 6.31. The van der Waals surface area contributed by atoms with Gasteiger partial charge in [0, 0.05) is 17.5 Å². The van der Waals surface area contributed by atoms with Crippen molar-refractivity contribution in [2.24, 2.45) is 5.92 Å². The third kappa shape index (κ3) is 4.86. The van der Waals surface area contributed by atoms with Crippen LogP contribution in [0.15, 0.2) is 48.0 Å². The van der Waals surface area contributed by atoms with E-state index in [1.807, 2.05) is 37.2 Å². The Balaban J connectivity index is 2.17. The van der Waals surface area contributed by atoms with E-state index < -0.39 is 17.3 Å². The van der Waals surface area contributed by atoms with Gasteiger partial charge >= 0.3 is 6.18 Å². The van der Waals surface area contributed by atoms with Crippen molar-refractivity contribution in [3.63, 3.8) is 0 Å². The summed E-state index contributed by atoms with van der Waals surface area (Å²) in [5.74, 6) is -0.262. The van der Waals surface area contributed by atoms with Crippen molar-refractivity contribution in [2.45, 2.75) is 31.0 Å². The zero-order valence-corrected chi connectivity index (χ0v) is 18.3. The number of benzene rings is 2. The Bertz CT molecular complexity index is 925. The largest absolute Gasteiger partial charge is 0.417 e. The van der Waals surface area contributed by atoms with Crippen LogP contribution in [-0.2, 0) is 11.8 Å². The molecule has 2 nitrogen and oxygen atoms in total. The Kier molecular flexibility index (Phi) is 6.87. The lowest BCUT2D eigenvalue weighted by Gasteiger charge is -2.44. The fourth-order valence-electron chi connectivity index (χ4n) is 4.21. The molecule has 162 valence electrons. The Morgan fingerprint density at radius 3 is 2.40 bits per heavy atom. The average Bonchev–Trinajstić information content (AvgIpc) is 2.66. The first kappa shape index (κ1) is 23.1. The highest BCUT2D eigenvalue weighted by Gasteiger charge is 2.45. The van der Waals surface area contributed by atoms with Gasteiger partial charge in [0.25, 0.3) is 0 Å². The summed E-state index contributed by atoms with van der Waals surface area (Å²) in [6.45, 7) is 0.540. The van der Waals surface area contributed by atoms with Gasteiger partial charge in [-0.15, -0.1) is 0 Å². The molecule has 2 unspecified atom stereocenters. The van der Waals surface area contributed by atoms with Crippen LogP contribution in [0.5, 0.6) is 0 Å². The second-order valence-corrected chi connectivity index (χ2v) is 8.87. The van der Waals surface area contributed by atoms with Crippen molar-refractivity contribution in [1.29, 1.82) is 0 Å². The van der Waals surface area contributed by atoms with Crippen molar-refractivity contribution in [3.8, 4) is 0 Å². The quantitative estimate of drug-likeness (QED) is 0.555. The van der Waals surface area contributed by atoms with E-state index in [0.29, 0.717) is 30.0 Å². The molecular weight excluding hydrogens is 434 g/mol. The second kappa shape index (κ2) is 8.91. The van der Waals surface area contributed by atoms with Gasteiger partial charge in [-0.3, -0.25) is 0 Å². The van der Waals surface area contributed by atoms with Gasteiger partial charge in [0.2, 0.25) is 0 Å². The molecule has 2 aromatic rings. The first-order valence-electron chi connectivity index (χ1n) is 9.72. The Morgan fingerprint density at radius 1 is 1.13 bits per heavy atom. The number of hydrogen-bond donors (Lipinski definition) is 1. The lowest BCUT2D eigenvalue weighted by atomic mass is 9.67. The maximum Gasteiger partial charge on any atom is 0.417 e. The van der Waals surface area contributed by atoms with E-state index in [-0.39, 0.29) is 16.5 Å². The van der Waals surface area contributed by atoms with E-state index in [1.54, 1.807) is 12.1 Å². The molecule has 2 aromatic carbocycles. The SMILES string of the molecule is CN(C)CC1CCCC(=Cc2ccc(Cl)cc2)C1(O)c1ccc(Cl)c(C(F)(F)F)c1. The highest BCUT2D eigenvalue weighted by atomic mass is 35.5. The number of aliphatic hydroxyl groups is 1. The monoisotopic (exact) mass is 457 g/mol. The summed E-state index contributed by atoms with van der Waals surface area (Å²) in [6, 6.07) is 10.9. The van der Waals surface area contributed by atoms with E-state index in [2.05, 4.69) is 0 Å². The molecule has 0 heterocycles. The van der Waals surface area contributed by atoms with Crippen LogP contribution in [0.1, 0.15) is 36.0 Å². The van der Waals surface area contributed by atoms with E-state index in [0.717, 1.165) is 18.1 Å². The van der Waals surface area contributed by atoms with Crippen LogP contribution in [0.3, 0.4) is 0 Å². The molecule has 1 N–H and O–H groups in total. The molecule has 0 bridgehead atoms. The molecule has 1 saturated carbocycles. The summed E-state index contributed by atoms with van der Waals surface area (Å²) in [5, 5.41) is 12.2. The molecule has 0 saturated heterocycles. The zero-order valence-electron chi connectivity index (χ0n) is 16.8. The summed E-state index contributed by atoms with van der Waals surface area (Å²) < 4.78 is 40.5. The summed E-state index contributed by atoms with van der Waals surface area (Å²) in [7, 11) is 3.78. The van der Waals surface area contributed by atoms with Gasteiger partial charge in [-0.05, 0) is 74.3 Å². The third-order valence-electron chi connectivity index (χ3n) is 5.59.